The summed E-state index contributed by atoms with van der Waals surface area (Å²) in [5, 5.41) is 16.0. The van der Waals surface area contributed by atoms with Gasteiger partial charge in [-0.15, -0.1) is 11.3 Å². The summed E-state index contributed by atoms with van der Waals surface area (Å²) in [6.07, 6.45) is 0.639. The van der Waals surface area contributed by atoms with E-state index in [4.69, 9.17) is 0 Å². The van der Waals surface area contributed by atoms with Gasteiger partial charge in [-0.1, -0.05) is 20.8 Å². The third-order valence-electron chi connectivity index (χ3n) is 2.61. The molecule has 4 heteroatoms. The van der Waals surface area contributed by atoms with Crippen molar-refractivity contribution in [1.29, 1.82) is 0 Å². The number of rotatable bonds is 7. The minimum absolute atomic E-state index is 0.210. The van der Waals surface area contributed by atoms with Gasteiger partial charge in [-0.25, -0.2) is 4.98 Å². The van der Waals surface area contributed by atoms with Gasteiger partial charge >= 0.3 is 0 Å². The van der Waals surface area contributed by atoms with E-state index in [0.29, 0.717) is 11.8 Å². The van der Waals surface area contributed by atoms with E-state index in [-0.39, 0.29) is 6.10 Å². The SMILES string of the molecule is CC(O)CC(C)CNCc1csc(C(C)C)n1. The highest BCUT2D eigenvalue weighted by Crippen LogP contribution is 2.18. The molecule has 0 fully saturated rings. The van der Waals surface area contributed by atoms with Crippen LogP contribution in [0, 0.1) is 5.92 Å². The Bertz CT molecular complexity index is 323. The normalized spacial score (nSPS) is 15.2. The fraction of sp³-hybridized carbons (Fsp3) is 0.769. The van der Waals surface area contributed by atoms with Crippen LogP contribution in [0.4, 0.5) is 0 Å². The Morgan fingerprint density at radius 3 is 2.59 bits per heavy atom. The van der Waals surface area contributed by atoms with Crippen molar-refractivity contribution in [2.75, 3.05) is 6.54 Å². The highest BCUT2D eigenvalue weighted by molar-refractivity contribution is 7.09. The Kier molecular flexibility index (Phi) is 6.09. The molecule has 17 heavy (non-hydrogen) atoms. The second kappa shape index (κ2) is 7.09. The number of nitrogens with one attached hydrogen (secondary N) is 1. The van der Waals surface area contributed by atoms with E-state index in [1.165, 1.54) is 5.01 Å². The molecule has 1 aromatic heterocycles. The maximum absolute atomic E-state index is 9.27. The zero-order valence-electron chi connectivity index (χ0n) is 11.2. The molecular formula is C13H24N2OS. The Labute approximate surface area is 108 Å². The van der Waals surface area contributed by atoms with Crippen molar-refractivity contribution in [1.82, 2.24) is 10.3 Å². The smallest absolute Gasteiger partial charge is 0.0954 e. The van der Waals surface area contributed by atoms with Gasteiger partial charge in [0.2, 0.25) is 0 Å². The molecule has 3 nitrogen and oxygen atoms in total. The number of aliphatic hydroxyl groups is 1. The molecule has 0 saturated heterocycles. The topological polar surface area (TPSA) is 45.1 Å². The quantitative estimate of drug-likeness (QED) is 0.788. The highest BCUT2D eigenvalue weighted by atomic mass is 32.1. The van der Waals surface area contributed by atoms with Crippen LogP contribution >= 0.6 is 11.3 Å². The van der Waals surface area contributed by atoms with Crippen molar-refractivity contribution in [2.24, 2.45) is 5.92 Å². The Morgan fingerprint density at radius 2 is 2.06 bits per heavy atom. The van der Waals surface area contributed by atoms with Gasteiger partial charge in [-0.05, 0) is 25.8 Å². The number of hydrogen-bond acceptors (Lipinski definition) is 4. The summed E-state index contributed by atoms with van der Waals surface area (Å²) in [4.78, 5) is 4.57. The standard InChI is InChI=1S/C13H24N2OS/c1-9(2)13-15-12(8-17-13)7-14-6-10(3)5-11(4)16/h8-11,14,16H,5-7H2,1-4H3. The van der Waals surface area contributed by atoms with Crippen LogP contribution in [0.1, 0.15) is 50.7 Å². The molecule has 0 aliphatic heterocycles. The van der Waals surface area contributed by atoms with Crippen molar-refractivity contribution in [2.45, 2.75) is 52.7 Å². The Morgan fingerprint density at radius 1 is 1.35 bits per heavy atom. The van der Waals surface area contributed by atoms with E-state index in [1.807, 2.05) is 6.92 Å². The van der Waals surface area contributed by atoms with Crippen molar-refractivity contribution in [3.05, 3.63) is 16.1 Å². The Balaban J connectivity index is 2.26. The van der Waals surface area contributed by atoms with Gasteiger partial charge in [0.15, 0.2) is 0 Å². The molecule has 0 aliphatic carbocycles. The lowest BCUT2D eigenvalue weighted by atomic mass is 10.1. The van der Waals surface area contributed by atoms with E-state index in [9.17, 15) is 5.11 Å². The number of hydrogen-bond donors (Lipinski definition) is 2. The summed E-state index contributed by atoms with van der Waals surface area (Å²) >= 11 is 1.74. The van der Waals surface area contributed by atoms with Crippen LogP contribution in [0.2, 0.25) is 0 Å². The van der Waals surface area contributed by atoms with Crippen LogP contribution < -0.4 is 5.32 Å². The fourth-order valence-corrected chi connectivity index (χ4v) is 2.62. The van der Waals surface area contributed by atoms with E-state index < -0.39 is 0 Å². The van der Waals surface area contributed by atoms with Crippen LogP contribution in [0.5, 0.6) is 0 Å². The van der Waals surface area contributed by atoms with Gasteiger partial charge < -0.3 is 10.4 Å². The number of thiazole rings is 1. The van der Waals surface area contributed by atoms with Gasteiger partial charge in [-0.3, -0.25) is 0 Å². The van der Waals surface area contributed by atoms with Crippen LogP contribution in [0.15, 0.2) is 5.38 Å². The first-order valence-corrected chi connectivity index (χ1v) is 7.20. The highest BCUT2D eigenvalue weighted by Gasteiger charge is 2.07. The predicted molar refractivity (Wildman–Crippen MR) is 73.4 cm³/mol. The second-order valence-electron chi connectivity index (χ2n) is 5.15. The molecule has 2 unspecified atom stereocenters. The summed E-state index contributed by atoms with van der Waals surface area (Å²) < 4.78 is 0. The summed E-state index contributed by atoms with van der Waals surface area (Å²) in [6, 6.07) is 0. The molecule has 1 heterocycles. The first-order chi connectivity index (χ1) is 7.99. The number of nitrogens with zero attached hydrogens (tertiary/aromatic N) is 1. The Hall–Kier alpha value is -0.450. The third-order valence-corrected chi connectivity index (χ3v) is 3.80. The fourth-order valence-electron chi connectivity index (χ4n) is 1.78. The predicted octanol–water partition coefficient (Wildman–Crippen LogP) is 2.76. The monoisotopic (exact) mass is 256 g/mol. The number of aromatic nitrogens is 1. The average Bonchev–Trinajstić information content (AvgIpc) is 2.65. The van der Waals surface area contributed by atoms with E-state index in [1.54, 1.807) is 11.3 Å². The maximum atomic E-state index is 9.27. The largest absolute Gasteiger partial charge is 0.393 e. The molecule has 0 radical (unpaired) electrons. The van der Waals surface area contributed by atoms with Gasteiger partial charge in [-0.2, -0.15) is 0 Å². The molecule has 98 valence electrons. The summed E-state index contributed by atoms with van der Waals surface area (Å²) in [6.45, 7) is 10.1. The zero-order chi connectivity index (χ0) is 12.8. The van der Waals surface area contributed by atoms with Crippen LogP contribution in [0.3, 0.4) is 0 Å². The first kappa shape index (κ1) is 14.6. The van der Waals surface area contributed by atoms with Crippen molar-refractivity contribution < 1.29 is 5.11 Å². The minimum Gasteiger partial charge on any atom is -0.393 e. The summed E-state index contributed by atoms with van der Waals surface area (Å²) in [5.41, 5.74) is 1.13. The molecule has 0 saturated carbocycles. The average molecular weight is 256 g/mol. The van der Waals surface area contributed by atoms with Crippen LogP contribution in [0.25, 0.3) is 0 Å². The lowest BCUT2D eigenvalue weighted by molar-refractivity contribution is 0.163. The minimum atomic E-state index is -0.210. The third kappa shape index (κ3) is 5.61. The molecule has 0 aromatic carbocycles. The zero-order valence-corrected chi connectivity index (χ0v) is 12.0. The van der Waals surface area contributed by atoms with Gasteiger partial charge in [0.05, 0.1) is 16.8 Å². The van der Waals surface area contributed by atoms with Crippen LogP contribution in [-0.4, -0.2) is 22.7 Å². The molecule has 1 aromatic rings. The molecule has 0 aliphatic rings. The van der Waals surface area contributed by atoms with Crippen LogP contribution in [-0.2, 0) is 6.54 Å². The van der Waals surface area contributed by atoms with Gasteiger partial charge in [0.25, 0.3) is 0 Å². The van der Waals surface area contributed by atoms with Crippen molar-refractivity contribution in [3.63, 3.8) is 0 Å². The molecule has 2 atom stereocenters. The van der Waals surface area contributed by atoms with E-state index >= 15 is 0 Å². The summed E-state index contributed by atoms with van der Waals surface area (Å²) in [5.74, 6) is 1.01. The molecule has 0 amide bonds. The van der Waals surface area contributed by atoms with Crippen molar-refractivity contribution in [3.8, 4) is 0 Å². The van der Waals surface area contributed by atoms with E-state index in [2.05, 4.69) is 36.5 Å². The van der Waals surface area contributed by atoms with Crippen molar-refractivity contribution >= 4 is 11.3 Å². The lowest BCUT2D eigenvalue weighted by Crippen LogP contribution is -2.23. The molecule has 0 bridgehead atoms. The molecule has 0 spiro atoms. The lowest BCUT2D eigenvalue weighted by Gasteiger charge is -2.13. The number of aliphatic hydroxyl groups excluding tert-OH is 1. The summed E-state index contributed by atoms with van der Waals surface area (Å²) in [7, 11) is 0. The molecule has 1 rings (SSSR count). The first-order valence-electron chi connectivity index (χ1n) is 6.32. The molecular weight excluding hydrogens is 232 g/mol. The molecule has 2 N–H and O–H groups in total. The van der Waals surface area contributed by atoms with Gasteiger partial charge in [0, 0.05) is 17.8 Å². The van der Waals surface area contributed by atoms with E-state index in [0.717, 1.165) is 25.2 Å². The maximum Gasteiger partial charge on any atom is 0.0954 e. The van der Waals surface area contributed by atoms with Gasteiger partial charge in [0.1, 0.15) is 0 Å². The second-order valence-corrected chi connectivity index (χ2v) is 6.04.